The van der Waals surface area contributed by atoms with Gasteiger partial charge in [-0.05, 0) is 92.9 Å². The lowest BCUT2D eigenvalue weighted by molar-refractivity contribution is -0.159. The number of benzene rings is 1. The van der Waals surface area contributed by atoms with Gasteiger partial charge in [-0.2, -0.15) is 0 Å². The highest BCUT2D eigenvalue weighted by molar-refractivity contribution is 6.12. The quantitative estimate of drug-likeness (QED) is 0.0704. The van der Waals surface area contributed by atoms with E-state index in [-0.39, 0.29) is 70.7 Å². The van der Waals surface area contributed by atoms with E-state index in [0.29, 0.717) is 12.2 Å². The zero-order valence-electron chi connectivity index (χ0n) is 34.7. The van der Waals surface area contributed by atoms with E-state index in [1.165, 1.54) is 22.0 Å². The summed E-state index contributed by atoms with van der Waals surface area (Å²) in [6.45, 7) is 13.7. The van der Waals surface area contributed by atoms with Crippen molar-refractivity contribution < 1.29 is 62.7 Å². The largest absolute Gasteiger partial charge is 0.494 e. The minimum atomic E-state index is -1.20. The molecule has 17 nitrogen and oxygen atoms in total. The molecule has 1 aliphatic rings. The Bertz CT molecular complexity index is 1570. The van der Waals surface area contributed by atoms with E-state index in [0.717, 1.165) is 10.5 Å². The van der Waals surface area contributed by atoms with Crippen LogP contribution >= 0.6 is 0 Å². The number of ether oxygens (including phenoxy) is 4. The highest BCUT2D eigenvalue weighted by atomic mass is 16.6. The van der Waals surface area contributed by atoms with Crippen LogP contribution in [0.3, 0.4) is 0 Å². The van der Waals surface area contributed by atoms with Crippen molar-refractivity contribution in [1.29, 1.82) is 0 Å². The minimum absolute atomic E-state index is 0.00665. The van der Waals surface area contributed by atoms with Gasteiger partial charge in [0, 0.05) is 44.4 Å². The highest BCUT2D eigenvalue weighted by Gasteiger charge is 2.30. The van der Waals surface area contributed by atoms with Crippen molar-refractivity contribution in [3.05, 3.63) is 42.0 Å². The average Bonchev–Trinajstić information content (AvgIpc) is 3.34. The minimum Gasteiger partial charge on any atom is -0.494 e. The van der Waals surface area contributed by atoms with Crippen LogP contribution < -0.4 is 4.74 Å². The number of esters is 3. The van der Waals surface area contributed by atoms with Crippen molar-refractivity contribution in [3.8, 4) is 5.75 Å². The predicted molar refractivity (Wildman–Crippen MR) is 207 cm³/mol. The molecule has 0 saturated heterocycles. The Hall–Kier alpha value is -4.87. The normalized spacial score (nSPS) is 14.0. The number of carbonyl (C=O) groups excluding carboxylic acids is 5. The molecule has 1 unspecified atom stereocenters. The molecule has 57 heavy (non-hydrogen) atoms. The van der Waals surface area contributed by atoms with Crippen LogP contribution in [0.5, 0.6) is 5.75 Å². The maximum absolute atomic E-state index is 13.4. The van der Waals surface area contributed by atoms with Gasteiger partial charge in [0.25, 0.3) is 11.8 Å². The third-order valence-electron chi connectivity index (χ3n) is 7.79. The molecule has 2 N–H and O–H groups in total. The number of imide groups is 1. The van der Waals surface area contributed by atoms with Gasteiger partial charge in [0.05, 0.1) is 39.3 Å². The second-order valence-corrected chi connectivity index (χ2v) is 16.8. The Morgan fingerprint density at radius 2 is 1.11 bits per heavy atom. The zero-order valence-corrected chi connectivity index (χ0v) is 34.7. The Morgan fingerprint density at radius 3 is 1.58 bits per heavy atom. The lowest BCUT2D eigenvalue weighted by Gasteiger charge is -2.36. The molecular formula is C40H60N4O13. The molecule has 1 aliphatic heterocycles. The maximum atomic E-state index is 13.4. The number of amides is 2. The molecule has 1 aromatic rings. The van der Waals surface area contributed by atoms with Crippen LogP contribution in [0.15, 0.2) is 36.4 Å². The molecule has 0 aliphatic carbocycles. The topological polar surface area (TPSA) is 210 Å². The number of nitrogens with zero attached hydrogens (tertiary/aromatic N) is 4. The molecule has 0 spiro atoms. The second kappa shape index (κ2) is 21.6. The Balaban J connectivity index is 2.44. The molecule has 0 aromatic heterocycles. The van der Waals surface area contributed by atoms with E-state index in [1.54, 1.807) is 91.5 Å². The maximum Gasteiger partial charge on any atom is 0.320 e. The fourth-order valence-electron chi connectivity index (χ4n) is 5.76. The van der Waals surface area contributed by atoms with E-state index in [2.05, 4.69) is 0 Å². The van der Waals surface area contributed by atoms with E-state index in [1.807, 2.05) is 0 Å². The number of hydrogen-bond donors (Lipinski definition) is 2. The molecular weight excluding hydrogens is 744 g/mol. The summed E-state index contributed by atoms with van der Waals surface area (Å²) < 4.78 is 22.4. The first-order valence-electron chi connectivity index (χ1n) is 18.8. The van der Waals surface area contributed by atoms with Crippen molar-refractivity contribution in [2.24, 2.45) is 0 Å². The summed E-state index contributed by atoms with van der Waals surface area (Å²) >= 11 is 0. The third-order valence-corrected chi connectivity index (χ3v) is 7.79. The molecule has 1 heterocycles. The van der Waals surface area contributed by atoms with Gasteiger partial charge in [0.15, 0.2) is 0 Å². The molecule has 2 amide bonds. The van der Waals surface area contributed by atoms with E-state index in [4.69, 9.17) is 18.9 Å². The molecule has 1 atom stereocenters. The van der Waals surface area contributed by atoms with Crippen molar-refractivity contribution in [2.75, 3.05) is 65.5 Å². The zero-order chi connectivity index (χ0) is 43.1. The molecule has 2 rings (SSSR count). The number of aliphatic carboxylic acids is 2. The van der Waals surface area contributed by atoms with Crippen LogP contribution in [-0.4, -0.2) is 160 Å². The predicted octanol–water partition coefficient (Wildman–Crippen LogP) is 2.39. The molecule has 0 saturated carbocycles. The number of rotatable bonds is 23. The Morgan fingerprint density at radius 1 is 0.649 bits per heavy atom. The van der Waals surface area contributed by atoms with Gasteiger partial charge in [-0.25, -0.2) is 0 Å². The lowest BCUT2D eigenvalue weighted by Crippen LogP contribution is -2.52. The van der Waals surface area contributed by atoms with Gasteiger partial charge in [-0.3, -0.25) is 53.2 Å². The summed E-state index contributed by atoms with van der Waals surface area (Å²) in [5, 5.41) is 19.5. The average molecular weight is 805 g/mol. The first kappa shape index (κ1) is 48.3. The number of hydrogen-bond acceptors (Lipinski definition) is 14. The molecule has 318 valence electrons. The third kappa shape index (κ3) is 20.7. The lowest BCUT2D eigenvalue weighted by atomic mass is 10.0. The van der Waals surface area contributed by atoms with Crippen LogP contribution in [-0.2, 0) is 54.2 Å². The second-order valence-electron chi connectivity index (χ2n) is 16.8. The van der Waals surface area contributed by atoms with Crippen LogP contribution in [0, 0.1) is 0 Å². The summed E-state index contributed by atoms with van der Waals surface area (Å²) in [6.07, 6.45) is 3.08. The molecule has 0 radical (unpaired) electrons. The molecule has 0 fully saturated rings. The smallest absolute Gasteiger partial charge is 0.320 e. The van der Waals surface area contributed by atoms with Crippen molar-refractivity contribution >= 4 is 41.7 Å². The van der Waals surface area contributed by atoms with Gasteiger partial charge in [0.2, 0.25) is 0 Å². The first-order chi connectivity index (χ1) is 26.3. The summed E-state index contributed by atoms with van der Waals surface area (Å²) in [6, 6.07) is 6.37. The van der Waals surface area contributed by atoms with Crippen molar-refractivity contribution in [3.63, 3.8) is 0 Å². The number of carbonyl (C=O) groups is 7. The van der Waals surface area contributed by atoms with Gasteiger partial charge in [0.1, 0.15) is 22.6 Å². The van der Waals surface area contributed by atoms with Gasteiger partial charge in [-0.1, -0.05) is 12.1 Å². The number of carboxylic acids is 2. The Labute approximate surface area is 334 Å². The van der Waals surface area contributed by atoms with Crippen molar-refractivity contribution in [2.45, 2.75) is 98.0 Å². The summed E-state index contributed by atoms with van der Waals surface area (Å²) in [7, 11) is 0. The summed E-state index contributed by atoms with van der Waals surface area (Å²) in [5.74, 6) is -4.49. The fourth-order valence-corrected chi connectivity index (χ4v) is 5.76. The first-order valence-corrected chi connectivity index (χ1v) is 18.8. The van der Waals surface area contributed by atoms with E-state index < -0.39 is 65.8 Å². The van der Waals surface area contributed by atoms with Crippen LogP contribution in [0.1, 0.15) is 74.3 Å². The molecule has 1 aromatic carbocycles. The number of carboxylic acid groups (broad SMARTS) is 2. The summed E-state index contributed by atoms with van der Waals surface area (Å²) in [4.78, 5) is 92.3. The summed E-state index contributed by atoms with van der Waals surface area (Å²) in [5.41, 5.74) is -1.73. The Kier molecular flexibility index (Phi) is 18.3. The molecule has 0 bridgehead atoms. The van der Waals surface area contributed by atoms with Gasteiger partial charge in [-0.15, -0.1) is 0 Å². The highest BCUT2D eigenvalue weighted by Crippen LogP contribution is 2.19. The van der Waals surface area contributed by atoms with Gasteiger partial charge < -0.3 is 29.2 Å². The van der Waals surface area contributed by atoms with Gasteiger partial charge >= 0.3 is 29.8 Å². The van der Waals surface area contributed by atoms with Crippen molar-refractivity contribution in [1.82, 2.24) is 19.6 Å². The van der Waals surface area contributed by atoms with Crippen LogP contribution in [0.4, 0.5) is 0 Å². The van der Waals surface area contributed by atoms with E-state index in [9.17, 15) is 43.8 Å². The van der Waals surface area contributed by atoms with Crippen LogP contribution in [0.25, 0.3) is 0 Å². The van der Waals surface area contributed by atoms with Crippen LogP contribution in [0.2, 0.25) is 0 Å². The monoisotopic (exact) mass is 804 g/mol. The SMILES string of the molecule is CC(C)(C)OC(=O)CN(CCN(CC(=O)OC(C)(C)C)C(Cc1ccc(OCCCN2C(=O)C=CC2=O)cc1)CN(CC(=O)O)CC(=O)OC(C)(C)C)CC(=O)O. The fraction of sp³-hybridized carbons (Fsp3) is 0.625. The molecule has 17 heteroatoms. The van der Waals surface area contributed by atoms with E-state index >= 15 is 0 Å². The standard InChI is InChI=1S/C40H60N4O13/c1-38(2,3)55-35(51)25-41(23-33(47)48)18-19-43(27-37(53)57-40(7,8)9)29(22-42(24-34(49)50)26-36(52)56-39(4,5)6)21-28-11-13-30(14-12-28)54-20-10-17-44-31(45)15-16-32(44)46/h11-16,29H,10,17-27H2,1-9H3,(H,47,48)(H,49,50).